The highest BCUT2D eigenvalue weighted by atomic mass is 32.1. The van der Waals surface area contributed by atoms with Crippen LogP contribution in [0.15, 0.2) is 16.8 Å². The van der Waals surface area contributed by atoms with Crippen LogP contribution in [-0.4, -0.2) is 36.1 Å². The van der Waals surface area contributed by atoms with Crippen molar-refractivity contribution in [1.29, 1.82) is 0 Å². The maximum Gasteiger partial charge on any atom is 0.0244 e. The van der Waals surface area contributed by atoms with Crippen LogP contribution in [0.5, 0.6) is 0 Å². The van der Waals surface area contributed by atoms with E-state index < -0.39 is 0 Å². The lowest BCUT2D eigenvalue weighted by Gasteiger charge is -2.46. The molecule has 1 aromatic rings. The van der Waals surface area contributed by atoms with E-state index in [0.29, 0.717) is 23.5 Å². The zero-order valence-electron chi connectivity index (χ0n) is 12.9. The molecule has 2 heterocycles. The summed E-state index contributed by atoms with van der Waals surface area (Å²) >= 11 is 1.80. The van der Waals surface area contributed by atoms with Crippen molar-refractivity contribution in [2.75, 3.05) is 13.1 Å². The molecule has 19 heavy (non-hydrogen) atoms. The summed E-state index contributed by atoms with van der Waals surface area (Å²) in [4.78, 5) is 2.68. The lowest BCUT2D eigenvalue weighted by molar-refractivity contribution is 0.0632. The van der Waals surface area contributed by atoms with Gasteiger partial charge in [0.15, 0.2) is 0 Å². The van der Waals surface area contributed by atoms with Crippen LogP contribution < -0.4 is 5.32 Å². The molecule has 3 unspecified atom stereocenters. The quantitative estimate of drug-likeness (QED) is 0.913. The van der Waals surface area contributed by atoms with Crippen LogP contribution in [0, 0.1) is 5.41 Å². The molecular formula is C16H28N2S. The lowest BCUT2D eigenvalue weighted by atomic mass is 9.84. The molecule has 108 valence electrons. The van der Waals surface area contributed by atoms with Crippen molar-refractivity contribution in [3.8, 4) is 0 Å². The van der Waals surface area contributed by atoms with Crippen molar-refractivity contribution < 1.29 is 0 Å². The largest absolute Gasteiger partial charge is 0.311 e. The van der Waals surface area contributed by atoms with Crippen LogP contribution in [0.25, 0.3) is 0 Å². The van der Waals surface area contributed by atoms with E-state index in [1.165, 1.54) is 12.0 Å². The van der Waals surface area contributed by atoms with Crippen molar-refractivity contribution in [3.05, 3.63) is 22.4 Å². The summed E-state index contributed by atoms with van der Waals surface area (Å²) in [5.41, 5.74) is 1.82. The molecule has 1 aromatic heterocycles. The molecule has 0 aliphatic carbocycles. The highest BCUT2D eigenvalue weighted by Crippen LogP contribution is 2.25. The van der Waals surface area contributed by atoms with Crippen molar-refractivity contribution >= 4 is 11.3 Å². The van der Waals surface area contributed by atoms with Crippen LogP contribution >= 0.6 is 11.3 Å². The lowest BCUT2D eigenvalue weighted by Crippen LogP contribution is -2.61. The van der Waals surface area contributed by atoms with Gasteiger partial charge in [-0.1, -0.05) is 20.8 Å². The van der Waals surface area contributed by atoms with Crippen molar-refractivity contribution in [3.63, 3.8) is 0 Å². The minimum absolute atomic E-state index is 0.334. The number of hydrogen-bond donors (Lipinski definition) is 1. The number of nitrogens with one attached hydrogen (secondary N) is 1. The summed E-state index contributed by atoms with van der Waals surface area (Å²) in [7, 11) is 0. The maximum absolute atomic E-state index is 3.71. The molecule has 1 saturated heterocycles. The molecule has 1 aliphatic heterocycles. The van der Waals surface area contributed by atoms with Gasteiger partial charge in [-0.2, -0.15) is 11.3 Å². The summed E-state index contributed by atoms with van der Waals surface area (Å²) < 4.78 is 0. The molecule has 0 spiro atoms. The standard InChI is InChI=1S/C16H28N2S/c1-12(8-14-6-7-19-11-14)18-10-15(16(3,4)5)17-9-13(18)2/h6-7,11-13,15,17H,8-10H2,1-5H3. The Kier molecular flexibility index (Phi) is 4.70. The van der Waals surface area contributed by atoms with E-state index in [1.807, 2.05) is 0 Å². The van der Waals surface area contributed by atoms with Gasteiger partial charge in [0.1, 0.15) is 0 Å². The van der Waals surface area contributed by atoms with Crippen LogP contribution in [0.1, 0.15) is 40.2 Å². The summed E-state index contributed by atoms with van der Waals surface area (Å²) in [5.74, 6) is 0. The number of piperazine rings is 1. The van der Waals surface area contributed by atoms with Crippen molar-refractivity contribution in [2.45, 2.75) is 59.2 Å². The molecule has 3 atom stereocenters. The van der Waals surface area contributed by atoms with E-state index in [9.17, 15) is 0 Å². The second kappa shape index (κ2) is 5.94. The van der Waals surface area contributed by atoms with E-state index in [0.717, 1.165) is 13.1 Å². The average Bonchev–Trinajstić information content (AvgIpc) is 2.80. The Balaban J connectivity index is 2.00. The summed E-state index contributed by atoms with van der Waals surface area (Å²) in [6.45, 7) is 14.0. The van der Waals surface area contributed by atoms with Gasteiger partial charge in [-0.15, -0.1) is 0 Å². The first-order chi connectivity index (χ1) is 8.88. The van der Waals surface area contributed by atoms with E-state index in [-0.39, 0.29) is 0 Å². The van der Waals surface area contributed by atoms with Crippen molar-refractivity contribution in [1.82, 2.24) is 10.2 Å². The smallest absolute Gasteiger partial charge is 0.0244 e. The predicted molar refractivity (Wildman–Crippen MR) is 84.9 cm³/mol. The van der Waals surface area contributed by atoms with Gasteiger partial charge in [-0.25, -0.2) is 0 Å². The second-order valence-electron chi connectivity index (χ2n) is 7.06. The number of hydrogen-bond acceptors (Lipinski definition) is 3. The molecule has 0 amide bonds. The predicted octanol–water partition coefficient (Wildman–Crippen LogP) is 3.39. The van der Waals surface area contributed by atoms with Gasteiger partial charge < -0.3 is 5.32 Å². The van der Waals surface area contributed by atoms with Gasteiger partial charge >= 0.3 is 0 Å². The highest BCUT2D eigenvalue weighted by Gasteiger charge is 2.34. The maximum atomic E-state index is 3.71. The van der Waals surface area contributed by atoms with Gasteiger partial charge in [0, 0.05) is 31.2 Å². The molecule has 0 radical (unpaired) electrons. The first-order valence-electron chi connectivity index (χ1n) is 7.38. The van der Waals surface area contributed by atoms with Crippen LogP contribution in [0.2, 0.25) is 0 Å². The van der Waals surface area contributed by atoms with Gasteiger partial charge in [-0.3, -0.25) is 4.90 Å². The van der Waals surface area contributed by atoms with Crippen LogP contribution in [-0.2, 0) is 6.42 Å². The molecule has 0 saturated carbocycles. The first-order valence-corrected chi connectivity index (χ1v) is 8.32. The fraction of sp³-hybridized carbons (Fsp3) is 0.750. The fourth-order valence-corrected chi connectivity index (χ4v) is 3.63. The van der Waals surface area contributed by atoms with Gasteiger partial charge in [0.05, 0.1) is 0 Å². The minimum atomic E-state index is 0.334. The summed E-state index contributed by atoms with van der Waals surface area (Å²) in [5, 5.41) is 8.18. The van der Waals surface area contributed by atoms with E-state index in [2.05, 4.69) is 61.7 Å². The minimum Gasteiger partial charge on any atom is -0.311 e. The topological polar surface area (TPSA) is 15.3 Å². The molecule has 0 aromatic carbocycles. The zero-order valence-corrected chi connectivity index (χ0v) is 13.8. The molecular weight excluding hydrogens is 252 g/mol. The third kappa shape index (κ3) is 3.80. The van der Waals surface area contributed by atoms with E-state index >= 15 is 0 Å². The Bertz CT molecular complexity index is 380. The summed E-state index contributed by atoms with van der Waals surface area (Å²) in [6.07, 6.45) is 1.17. The average molecular weight is 280 g/mol. The molecule has 1 fully saturated rings. The Labute approximate surface area is 122 Å². The number of nitrogens with zero attached hydrogens (tertiary/aromatic N) is 1. The number of thiophene rings is 1. The fourth-order valence-electron chi connectivity index (χ4n) is 2.95. The third-order valence-electron chi connectivity index (χ3n) is 4.34. The molecule has 0 bridgehead atoms. The normalized spacial score (nSPS) is 27.4. The number of rotatable bonds is 3. The Morgan fingerprint density at radius 3 is 2.79 bits per heavy atom. The molecule has 2 nitrogen and oxygen atoms in total. The monoisotopic (exact) mass is 280 g/mol. The Morgan fingerprint density at radius 2 is 2.21 bits per heavy atom. The molecule has 1 N–H and O–H groups in total. The Hall–Kier alpha value is -0.380. The zero-order chi connectivity index (χ0) is 14.0. The first kappa shape index (κ1) is 15.0. The molecule has 1 aliphatic rings. The molecule has 2 rings (SSSR count). The van der Waals surface area contributed by atoms with Crippen LogP contribution in [0.4, 0.5) is 0 Å². The van der Waals surface area contributed by atoms with Gasteiger partial charge in [0.2, 0.25) is 0 Å². The third-order valence-corrected chi connectivity index (χ3v) is 5.07. The Morgan fingerprint density at radius 1 is 1.47 bits per heavy atom. The van der Waals surface area contributed by atoms with E-state index in [4.69, 9.17) is 0 Å². The SMILES string of the molecule is CC1CNC(C(C)(C)C)CN1C(C)Cc1ccsc1. The van der Waals surface area contributed by atoms with Gasteiger partial charge in [0.25, 0.3) is 0 Å². The van der Waals surface area contributed by atoms with Crippen LogP contribution in [0.3, 0.4) is 0 Å². The van der Waals surface area contributed by atoms with E-state index in [1.54, 1.807) is 11.3 Å². The highest BCUT2D eigenvalue weighted by molar-refractivity contribution is 7.07. The van der Waals surface area contributed by atoms with Gasteiger partial charge in [-0.05, 0) is 48.1 Å². The summed E-state index contributed by atoms with van der Waals surface area (Å²) in [6, 6.07) is 4.10. The molecule has 3 heteroatoms. The van der Waals surface area contributed by atoms with Crippen molar-refractivity contribution in [2.24, 2.45) is 5.41 Å². The second-order valence-corrected chi connectivity index (χ2v) is 7.84.